The van der Waals surface area contributed by atoms with Gasteiger partial charge in [-0.2, -0.15) is 0 Å². The monoisotopic (exact) mass is 776 g/mol. The predicted molar refractivity (Wildman–Crippen MR) is 243 cm³/mol. The largest absolute Gasteiger partial charge is 0.309 e. The number of hydrogen-bond acceptors (Lipinski definition) is 3. The summed E-state index contributed by atoms with van der Waals surface area (Å²) in [7, 11) is -2.99. The first kappa shape index (κ1) is 34.8. The average Bonchev–Trinajstić information content (AvgIpc) is 3.66. The van der Waals surface area contributed by atoms with Gasteiger partial charge in [-0.25, -0.2) is 9.37 Å². The van der Waals surface area contributed by atoms with E-state index < -0.39 is 14.2 Å². The zero-order valence-electron chi connectivity index (χ0n) is 32.0. The molecule has 0 spiro atoms. The number of halogens is 1. The summed E-state index contributed by atoms with van der Waals surface area (Å²) in [5, 5.41) is 7.33. The molecule has 0 aliphatic carbocycles. The van der Waals surface area contributed by atoms with Crippen molar-refractivity contribution < 1.29 is 4.39 Å². The van der Waals surface area contributed by atoms with Gasteiger partial charge in [-0.3, -0.25) is 9.55 Å². The van der Waals surface area contributed by atoms with Crippen LogP contribution in [0.25, 0.3) is 38.9 Å². The molecular weight excluding hydrogens is 740 g/mol. The molecule has 10 aromatic rings. The van der Waals surface area contributed by atoms with Crippen LogP contribution in [-0.4, -0.2) is 22.6 Å². The van der Waals surface area contributed by atoms with Gasteiger partial charge in [-0.1, -0.05) is 152 Å². The van der Waals surface area contributed by atoms with Gasteiger partial charge in [0.05, 0.1) is 22.4 Å². The Labute approximate surface area is 343 Å². The first-order chi connectivity index (χ1) is 29.2. The summed E-state index contributed by atoms with van der Waals surface area (Å²) in [6.07, 6.45) is 2.24. The molecule has 3 aromatic heterocycles. The van der Waals surface area contributed by atoms with Crippen molar-refractivity contribution in [1.29, 1.82) is 0 Å². The summed E-state index contributed by atoms with van der Waals surface area (Å²) < 4.78 is 19.3. The highest BCUT2D eigenvalue weighted by molar-refractivity contribution is 7.21. The SMILES string of the molecule is FC(c1cccc(-c2ccccn2)c1)c1ccc2c3ccc4c(c3n(-c3ccccn3)c2c1)N(c1ccccc1)c1ccccc1[Si]4(c1ccccc1)c1ccccc1. The van der Waals surface area contributed by atoms with Crippen molar-refractivity contribution in [3.8, 4) is 17.1 Å². The highest BCUT2D eigenvalue weighted by Gasteiger charge is 2.49. The normalized spacial score (nSPS) is 13.5. The number of alkyl halides is 1. The Hall–Kier alpha value is -7.41. The first-order valence-electron chi connectivity index (χ1n) is 20.0. The average molecular weight is 777 g/mol. The van der Waals surface area contributed by atoms with Gasteiger partial charge in [0.25, 0.3) is 0 Å². The molecule has 0 saturated carbocycles. The molecule has 4 nitrogen and oxygen atoms in total. The lowest BCUT2D eigenvalue weighted by Crippen LogP contribution is -2.77. The van der Waals surface area contributed by atoms with E-state index in [2.05, 4.69) is 154 Å². The number of fused-ring (bicyclic) bond motifs is 6. The van der Waals surface area contributed by atoms with E-state index in [0.29, 0.717) is 11.1 Å². The van der Waals surface area contributed by atoms with E-state index in [-0.39, 0.29) is 0 Å². The summed E-state index contributed by atoms with van der Waals surface area (Å²) in [6, 6.07) is 72.0. The van der Waals surface area contributed by atoms with E-state index in [1.165, 1.54) is 20.7 Å². The lowest BCUT2D eigenvalue weighted by Gasteiger charge is -2.45. The van der Waals surface area contributed by atoms with Crippen LogP contribution in [0.2, 0.25) is 0 Å². The van der Waals surface area contributed by atoms with E-state index in [9.17, 15) is 0 Å². The third kappa shape index (κ3) is 5.48. The van der Waals surface area contributed by atoms with Gasteiger partial charge in [0.1, 0.15) is 5.82 Å². The third-order valence-electron chi connectivity index (χ3n) is 11.8. The van der Waals surface area contributed by atoms with Crippen LogP contribution >= 0.6 is 0 Å². The maximum Gasteiger partial charge on any atom is 0.184 e. The van der Waals surface area contributed by atoms with Crippen molar-refractivity contribution in [2.75, 3.05) is 4.90 Å². The Kier molecular flexibility index (Phi) is 8.38. The molecule has 0 fully saturated rings. The second-order valence-corrected chi connectivity index (χ2v) is 18.8. The predicted octanol–water partition coefficient (Wildman–Crippen LogP) is 10.5. The minimum absolute atomic E-state index is 0.576. The second-order valence-electron chi connectivity index (χ2n) is 15.0. The van der Waals surface area contributed by atoms with Crippen LogP contribution in [-0.2, 0) is 0 Å². The number of rotatable bonds is 7. The smallest absolute Gasteiger partial charge is 0.184 e. The van der Waals surface area contributed by atoms with Gasteiger partial charge >= 0.3 is 0 Å². The summed E-state index contributed by atoms with van der Waals surface area (Å²) in [5.74, 6) is 0.768. The standard InChI is InChI=1S/C53H37FN4Si/c54-51(38-18-16-17-37(35-38)45-25-12-14-33-55-45)39-29-30-43-44-31-32-49-53(52(44)58(47(43)36-39)50-28-13-15-34-56-50)57(40-19-4-1-5-20-40)46-26-10-11-27-48(46)59(49,41-21-6-2-7-22-41)42-23-8-3-9-24-42/h1-36,51H. The Balaban J connectivity index is 1.25. The Morgan fingerprint density at radius 1 is 0.492 bits per heavy atom. The molecule has 6 heteroatoms. The molecule has 0 bridgehead atoms. The Bertz CT molecular complexity index is 3080. The molecule has 280 valence electrons. The zero-order chi connectivity index (χ0) is 39.3. The summed E-state index contributed by atoms with van der Waals surface area (Å²) >= 11 is 0. The topological polar surface area (TPSA) is 34.0 Å². The van der Waals surface area contributed by atoms with E-state index >= 15 is 4.39 Å². The first-order valence-corrected chi connectivity index (χ1v) is 22.0. The van der Waals surface area contributed by atoms with E-state index in [1.807, 2.05) is 72.9 Å². The fourth-order valence-corrected chi connectivity index (χ4v) is 14.5. The van der Waals surface area contributed by atoms with Gasteiger partial charge in [0.15, 0.2) is 14.2 Å². The minimum Gasteiger partial charge on any atom is -0.309 e. The number of nitrogens with zero attached hydrogens (tertiary/aromatic N) is 4. The van der Waals surface area contributed by atoms with Gasteiger partial charge in [-0.05, 0) is 86.5 Å². The maximum atomic E-state index is 17.0. The Morgan fingerprint density at radius 3 is 1.85 bits per heavy atom. The molecule has 1 aliphatic rings. The highest BCUT2D eigenvalue weighted by Crippen LogP contribution is 2.46. The molecule has 0 radical (unpaired) electrons. The molecule has 0 saturated heterocycles. The zero-order valence-corrected chi connectivity index (χ0v) is 33.0. The molecule has 1 atom stereocenters. The number of benzene rings is 7. The molecule has 4 heterocycles. The fourth-order valence-electron chi connectivity index (χ4n) is 9.36. The number of hydrogen-bond donors (Lipinski definition) is 0. The van der Waals surface area contributed by atoms with E-state index in [4.69, 9.17) is 4.98 Å². The third-order valence-corrected chi connectivity index (χ3v) is 16.7. The molecule has 1 aliphatic heterocycles. The molecule has 1 unspecified atom stereocenters. The van der Waals surface area contributed by atoms with E-state index in [0.717, 1.165) is 55.9 Å². The van der Waals surface area contributed by atoms with Crippen molar-refractivity contribution in [2.45, 2.75) is 6.17 Å². The molecule has 11 rings (SSSR count). The van der Waals surface area contributed by atoms with Gasteiger partial charge in [0, 0.05) is 40.1 Å². The minimum atomic E-state index is -2.99. The van der Waals surface area contributed by atoms with Crippen LogP contribution in [0.3, 0.4) is 0 Å². The van der Waals surface area contributed by atoms with Crippen molar-refractivity contribution in [1.82, 2.24) is 14.5 Å². The quantitative estimate of drug-likeness (QED) is 0.151. The number of aromatic nitrogens is 3. The lowest BCUT2D eigenvalue weighted by molar-refractivity contribution is 0.402. The summed E-state index contributed by atoms with van der Waals surface area (Å²) in [6.45, 7) is 0. The maximum absolute atomic E-state index is 17.0. The van der Waals surface area contributed by atoms with Gasteiger partial charge in [0.2, 0.25) is 0 Å². The van der Waals surface area contributed by atoms with Crippen LogP contribution in [0.15, 0.2) is 219 Å². The lowest BCUT2D eigenvalue weighted by atomic mass is 9.98. The van der Waals surface area contributed by atoms with Crippen LogP contribution in [0.1, 0.15) is 17.3 Å². The van der Waals surface area contributed by atoms with Crippen LogP contribution in [0, 0.1) is 0 Å². The van der Waals surface area contributed by atoms with Gasteiger partial charge in [-0.15, -0.1) is 0 Å². The van der Waals surface area contributed by atoms with Gasteiger partial charge < -0.3 is 4.90 Å². The fraction of sp³-hybridized carbons (Fsp3) is 0.0189. The Morgan fingerprint density at radius 2 is 1.14 bits per heavy atom. The number of pyridine rings is 2. The molecular formula is C53H37FN4Si. The van der Waals surface area contributed by atoms with Crippen LogP contribution in [0.4, 0.5) is 21.5 Å². The van der Waals surface area contributed by atoms with Crippen molar-refractivity contribution in [3.63, 3.8) is 0 Å². The van der Waals surface area contributed by atoms with Crippen molar-refractivity contribution in [2.24, 2.45) is 0 Å². The second kappa shape index (κ2) is 14.2. The number of para-hydroxylation sites is 2. The summed E-state index contributed by atoms with van der Waals surface area (Å²) in [5.41, 5.74) is 8.09. The number of anilines is 3. The molecule has 0 N–H and O–H groups in total. The highest BCUT2D eigenvalue weighted by atomic mass is 28.3. The van der Waals surface area contributed by atoms with Crippen LogP contribution in [0.5, 0.6) is 0 Å². The molecule has 59 heavy (non-hydrogen) atoms. The molecule has 7 aromatic carbocycles. The summed E-state index contributed by atoms with van der Waals surface area (Å²) in [4.78, 5) is 12.0. The van der Waals surface area contributed by atoms with E-state index in [1.54, 1.807) is 6.20 Å². The van der Waals surface area contributed by atoms with Crippen molar-refractivity contribution in [3.05, 3.63) is 230 Å². The van der Waals surface area contributed by atoms with Crippen molar-refractivity contribution >= 4 is 67.7 Å². The van der Waals surface area contributed by atoms with Crippen LogP contribution < -0.4 is 25.6 Å². The molecule has 0 amide bonds.